The molecule has 1 radical (unpaired) electrons. The molecule has 6 N–H and O–H groups in total. The second-order valence-corrected chi connectivity index (χ2v) is 5.66. The molecule has 7 nitrogen and oxygen atoms in total. The van der Waals surface area contributed by atoms with Gasteiger partial charge in [-0.25, -0.2) is 0 Å². The maximum absolute atomic E-state index is 5.65. The van der Waals surface area contributed by atoms with Crippen LogP contribution in [-0.4, -0.2) is 28.0 Å². The standard InChI is InChI=1S/C7H6BrN3.C7H7N3.BHNS/c8-6-5(9)2-1-4-3-10-11-7(4)6;8-6-2-1-5-4-9-10-7(5)3-6;1-2-3/h1-3H,9H2,(H,10,11);1-4H,8H2,(H,9,10);3H. The number of anilines is 2. The average molecular weight is 403 g/mol. The number of hydrogen-bond donors (Lipinski definition) is 5. The van der Waals surface area contributed by atoms with Crippen LogP contribution in [0.5, 0.6) is 0 Å². The minimum absolute atomic E-state index is 0.724. The second kappa shape index (κ2) is 8.51. The van der Waals surface area contributed by atoms with Crippen molar-refractivity contribution in [3.8, 4) is 0 Å². The van der Waals surface area contributed by atoms with Crippen LogP contribution >= 0.6 is 28.7 Å². The van der Waals surface area contributed by atoms with Gasteiger partial charge in [-0.1, -0.05) is 0 Å². The molecule has 0 saturated carbocycles. The Labute approximate surface area is 153 Å². The van der Waals surface area contributed by atoms with E-state index in [0.29, 0.717) is 0 Å². The molecule has 0 aliphatic rings. The van der Waals surface area contributed by atoms with Gasteiger partial charge < -0.3 is 11.5 Å². The van der Waals surface area contributed by atoms with Gasteiger partial charge in [0.2, 0.25) is 0 Å². The number of halogens is 1. The Hall–Kier alpha value is -2.33. The van der Waals surface area contributed by atoms with Crippen LogP contribution in [0.2, 0.25) is 0 Å². The number of nitrogen functional groups attached to an aromatic ring is 2. The molecule has 0 aliphatic heterocycles. The number of nitrogens with one attached hydrogen (secondary N) is 2. The normalized spacial score (nSPS) is 9.71. The Balaban J connectivity index is 0.000000150. The van der Waals surface area contributed by atoms with Crippen LogP contribution in [0.4, 0.5) is 11.4 Å². The van der Waals surface area contributed by atoms with Crippen LogP contribution in [0.25, 0.3) is 21.8 Å². The number of H-pyrrole nitrogens is 2. The number of hydrogen-bond acceptors (Lipinski definition) is 6. The third-order valence-electron chi connectivity index (χ3n) is 3.05. The summed E-state index contributed by atoms with van der Waals surface area (Å²) in [7, 11) is 4.34. The predicted octanol–water partition coefficient (Wildman–Crippen LogP) is 3.24. The first-order chi connectivity index (χ1) is 11.6. The van der Waals surface area contributed by atoms with Gasteiger partial charge in [0.25, 0.3) is 0 Å². The molecule has 2 heterocycles. The monoisotopic (exact) mass is 402 g/mol. The summed E-state index contributed by atoms with van der Waals surface area (Å²) in [5, 5.41) is 15.6. The molecule has 0 fully saturated rings. The van der Waals surface area contributed by atoms with E-state index in [9.17, 15) is 0 Å². The Bertz CT molecular complexity index is 953. The number of rotatable bonds is 0. The van der Waals surface area contributed by atoms with E-state index in [1.54, 1.807) is 12.4 Å². The molecule has 0 spiro atoms. The molecule has 24 heavy (non-hydrogen) atoms. The SMILES string of the molecule is Nc1ccc2cn[nH]c2c1.Nc1ccc2cn[nH]c2c1Br.[B]=NS. The Morgan fingerprint density at radius 3 is 2.42 bits per heavy atom. The number of benzene rings is 2. The number of aromatic nitrogens is 4. The fourth-order valence-corrected chi connectivity index (χ4v) is 2.40. The third-order valence-corrected chi connectivity index (χ3v) is 3.90. The summed E-state index contributed by atoms with van der Waals surface area (Å²) in [6.45, 7) is 0. The van der Waals surface area contributed by atoms with Crippen LogP contribution in [0.3, 0.4) is 0 Å². The number of fused-ring (bicyclic) bond motifs is 2. The van der Waals surface area contributed by atoms with Crippen molar-refractivity contribution in [2.24, 2.45) is 4.30 Å². The first-order valence-corrected chi connectivity index (χ1v) is 7.86. The van der Waals surface area contributed by atoms with Gasteiger partial charge in [0, 0.05) is 22.1 Å². The van der Waals surface area contributed by atoms with Crippen molar-refractivity contribution in [3.63, 3.8) is 0 Å². The van der Waals surface area contributed by atoms with E-state index in [2.05, 4.69) is 61.1 Å². The molecule has 10 heteroatoms. The summed E-state index contributed by atoms with van der Waals surface area (Å²) < 4.78 is 3.58. The van der Waals surface area contributed by atoms with Gasteiger partial charge >= 0.3 is 24.8 Å². The zero-order valence-electron chi connectivity index (χ0n) is 12.4. The van der Waals surface area contributed by atoms with E-state index in [1.807, 2.05) is 30.3 Å². The summed E-state index contributed by atoms with van der Waals surface area (Å²) in [6, 6.07) is 9.44. The molecule has 0 amide bonds. The van der Waals surface area contributed by atoms with Gasteiger partial charge in [0.1, 0.15) is 0 Å². The summed E-state index contributed by atoms with van der Waals surface area (Å²) in [5.74, 6) is 0. The molecule has 2 aromatic carbocycles. The van der Waals surface area contributed by atoms with Gasteiger partial charge in [-0.3, -0.25) is 10.2 Å². The molecule has 4 aromatic rings. The minimum atomic E-state index is 0.724. The van der Waals surface area contributed by atoms with Crippen molar-refractivity contribution in [1.82, 2.24) is 20.4 Å². The molecule has 0 aliphatic carbocycles. The molecule has 121 valence electrons. The summed E-state index contributed by atoms with van der Waals surface area (Å²) in [6.07, 6.45) is 3.54. The van der Waals surface area contributed by atoms with Gasteiger partial charge in [0.05, 0.1) is 27.9 Å². The summed E-state index contributed by atoms with van der Waals surface area (Å²) in [4.78, 5) is 0. The van der Waals surface area contributed by atoms with E-state index in [4.69, 9.17) is 11.5 Å². The Morgan fingerprint density at radius 2 is 1.67 bits per heavy atom. The zero-order chi connectivity index (χ0) is 17.5. The zero-order valence-corrected chi connectivity index (χ0v) is 14.9. The summed E-state index contributed by atoms with van der Waals surface area (Å²) >= 11 is 6.56. The molecule has 0 atom stereocenters. The van der Waals surface area contributed by atoms with Crippen molar-refractivity contribution in [2.75, 3.05) is 11.5 Å². The third kappa shape index (κ3) is 4.36. The van der Waals surface area contributed by atoms with Crippen LogP contribution in [0.15, 0.2) is 51.5 Å². The molecule has 0 unspecified atom stereocenters. The number of thiol groups is 1. The van der Waals surface area contributed by atoms with Gasteiger partial charge in [0.15, 0.2) is 0 Å². The van der Waals surface area contributed by atoms with E-state index >= 15 is 0 Å². The molecule has 4 rings (SSSR count). The number of nitrogens with two attached hydrogens (primary N) is 2. The van der Waals surface area contributed by atoms with Crippen LogP contribution in [-0.2, 0) is 0 Å². The van der Waals surface area contributed by atoms with Gasteiger partial charge in [-0.05, 0) is 46.3 Å². The van der Waals surface area contributed by atoms with E-state index in [-0.39, 0.29) is 0 Å². The van der Waals surface area contributed by atoms with Crippen molar-refractivity contribution in [1.29, 1.82) is 0 Å². The van der Waals surface area contributed by atoms with Crippen LogP contribution in [0.1, 0.15) is 0 Å². The fourth-order valence-electron chi connectivity index (χ4n) is 1.95. The number of aromatic amines is 2. The van der Waals surface area contributed by atoms with Crippen molar-refractivity contribution < 1.29 is 0 Å². The van der Waals surface area contributed by atoms with Crippen molar-refractivity contribution in [3.05, 3.63) is 47.2 Å². The molecule has 0 bridgehead atoms. The van der Waals surface area contributed by atoms with E-state index < -0.39 is 0 Å². The first-order valence-electron chi connectivity index (χ1n) is 6.66. The maximum atomic E-state index is 5.65. The topological polar surface area (TPSA) is 122 Å². The number of nitrogens with zero attached hydrogens (tertiary/aromatic N) is 3. The van der Waals surface area contributed by atoms with Gasteiger partial charge in [-0.15, -0.1) is 0 Å². The van der Waals surface area contributed by atoms with E-state index in [1.165, 1.54) is 0 Å². The average Bonchev–Trinajstić information content (AvgIpc) is 3.21. The van der Waals surface area contributed by atoms with Crippen LogP contribution in [0, 0.1) is 0 Å². The predicted molar refractivity (Wildman–Crippen MR) is 106 cm³/mol. The first kappa shape index (κ1) is 18.0. The molecular formula is C14H14BBrN7S. The van der Waals surface area contributed by atoms with Crippen molar-refractivity contribution >= 4 is 69.6 Å². The molecule has 2 aromatic heterocycles. The Kier molecular flexibility index (Phi) is 6.39. The summed E-state index contributed by atoms with van der Waals surface area (Å²) in [5.41, 5.74) is 14.6. The Morgan fingerprint density at radius 1 is 1.04 bits per heavy atom. The fraction of sp³-hybridized carbons (Fsp3) is 0. The second-order valence-electron chi connectivity index (χ2n) is 4.64. The van der Waals surface area contributed by atoms with E-state index in [0.717, 1.165) is 37.7 Å². The molecular weight excluding hydrogens is 389 g/mol. The quantitative estimate of drug-likeness (QED) is 0.176. The van der Waals surface area contributed by atoms with Crippen LogP contribution < -0.4 is 11.5 Å². The van der Waals surface area contributed by atoms with Crippen molar-refractivity contribution in [2.45, 2.75) is 0 Å². The van der Waals surface area contributed by atoms with Gasteiger partial charge in [-0.2, -0.15) is 10.2 Å². The molecule has 0 saturated heterocycles.